The molecule has 1 aromatic heterocycles. The van der Waals surface area contributed by atoms with Crippen molar-refractivity contribution in [3.63, 3.8) is 0 Å². The number of rotatable bonds is 5. The zero-order valence-corrected chi connectivity index (χ0v) is 16.2. The van der Waals surface area contributed by atoms with E-state index in [-0.39, 0.29) is 5.97 Å². The van der Waals surface area contributed by atoms with E-state index in [9.17, 15) is 10.1 Å². The lowest BCUT2D eigenvalue weighted by Gasteiger charge is -2.08. The first-order valence-electron chi connectivity index (χ1n) is 8.45. The fraction of sp³-hybridized carbons (Fsp3) is 0.200. The molecule has 0 N–H and O–H groups in total. The predicted octanol–water partition coefficient (Wildman–Crippen LogP) is 5.10. The minimum atomic E-state index is -0.358. The number of halogens is 1. The van der Waals surface area contributed by atoms with Gasteiger partial charge in [-0.1, -0.05) is 19.0 Å². The molecule has 26 heavy (non-hydrogen) atoms. The van der Waals surface area contributed by atoms with Crippen LogP contribution >= 0.6 is 15.9 Å². The Morgan fingerprint density at radius 2 is 2.15 bits per heavy atom. The summed E-state index contributed by atoms with van der Waals surface area (Å²) in [5, 5.41) is 9.99. The van der Waals surface area contributed by atoms with Crippen LogP contribution in [0.5, 0.6) is 0 Å². The Morgan fingerprint density at radius 1 is 1.35 bits per heavy atom. The van der Waals surface area contributed by atoms with E-state index in [1.165, 1.54) is 0 Å². The van der Waals surface area contributed by atoms with E-state index >= 15 is 0 Å². The minimum Gasteiger partial charge on any atom is -0.463 e. The van der Waals surface area contributed by atoms with Crippen LogP contribution in [0.25, 0.3) is 22.1 Å². The summed E-state index contributed by atoms with van der Waals surface area (Å²) in [7, 11) is 0.963. The van der Waals surface area contributed by atoms with Gasteiger partial charge in [0.2, 0.25) is 0 Å². The van der Waals surface area contributed by atoms with Gasteiger partial charge in [-0.25, -0.2) is 4.79 Å². The molecule has 0 bridgehead atoms. The van der Waals surface area contributed by atoms with E-state index in [2.05, 4.69) is 22.0 Å². The van der Waals surface area contributed by atoms with Crippen molar-refractivity contribution in [3.8, 4) is 17.2 Å². The minimum absolute atomic E-state index is 0.358. The maximum atomic E-state index is 12.5. The monoisotopic (exact) mass is 409 g/mol. The fourth-order valence-corrected chi connectivity index (χ4v) is 3.15. The highest BCUT2D eigenvalue weighted by Gasteiger charge is 2.19. The Hall–Kier alpha value is -2.52. The molecule has 6 heteroatoms. The van der Waals surface area contributed by atoms with Gasteiger partial charge in [0, 0.05) is 10.9 Å². The van der Waals surface area contributed by atoms with E-state index in [0.717, 1.165) is 40.3 Å². The molecule has 0 saturated carbocycles. The number of carbonyl (C=O) groups excluding carboxylic acids is 1. The largest absolute Gasteiger partial charge is 0.463 e. The first-order valence-corrected chi connectivity index (χ1v) is 9.24. The standard InChI is InChI=1S/C20H17BBrNO3/c1-12-18(22)17-10-15(20(24)25-7-6-21-2)9-16(19(17)26-12)14-5-3-4-13(8-14)11-23/h3-5,8-10,21H,6-7H2,1-2H3. The van der Waals surface area contributed by atoms with Crippen molar-refractivity contribution in [1.29, 1.82) is 5.26 Å². The third-order valence-electron chi connectivity index (χ3n) is 4.16. The molecule has 0 radical (unpaired) electrons. The number of fused-ring (bicyclic) bond motifs is 1. The van der Waals surface area contributed by atoms with Crippen LogP contribution in [0, 0.1) is 18.3 Å². The summed E-state index contributed by atoms with van der Waals surface area (Å²) < 4.78 is 12.1. The number of hydrogen-bond donors (Lipinski definition) is 0. The predicted molar refractivity (Wildman–Crippen MR) is 107 cm³/mol. The van der Waals surface area contributed by atoms with E-state index in [0.29, 0.717) is 23.3 Å². The second-order valence-corrected chi connectivity index (χ2v) is 6.85. The van der Waals surface area contributed by atoms with Crippen molar-refractivity contribution in [3.05, 3.63) is 57.8 Å². The summed E-state index contributed by atoms with van der Waals surface area (Å²) in [6, 6.07) is 12.9. The van der Waals surface area contributed by atoms with Crippen LogP contribution in [0.3, 0.4) is 0 Å². The first-order chi connectivity index (χ1) is 12.5. The van der Waals surface area contributed by atoms with Crippen LogP contribution in [0.2, 0.25) is 13.1 Å². The molecule has 0 saturated heterocycles. The number of esters is 1. The van der Waals surface area contributed by atoms with Crippen molar-refractivity contribution in [2.45, 2.75) is 20.1 Å². The van der Waals surface area contributed by atoms with Crippen molar-refractivity contribution >= 4 is 40.1 Å². The molecular weight excluding hydrogens is 393 g/mol. The van der Waals surface area contributed by atoms with Gasteiger partial charge in [-0.3, -0.25) is 0 Å². The lowest BCUT2D eigenvalue weighted by atomic mass is 9.79. The van der Waals surface area contributed by atoms with Crippen LogP contribution < -0.4 is 0 Å². The molecule has 0 aliphatic carbocycles. The molecule has 4 nitrogen and oxygen atoms in total. The Kier molecular flexibility index (Phi) is 5.48. The number of nitrogens with zero attached hydrogens (tertiary/aromatic N) is 1. The second kappa shape index (κ2) is 7.80. The van der Waals surface area contributed by atoms with Gasteiger partial charge >= 0.3 is 5.97 Å². The number of ether oxygens (including phenoxy) is 1. The summed E-state index contributed by atoms with van der Waals surface area (Å²) in [6.45, 7) is 4.31. The average molecular weight is 410 g/mol. The average Bonchev–Trinajstić information content (AvgIpc) is 2.95. The van der Waals surface area contributed by atoms with E-state index < -0.39 is 0 Å². The maximum Gasteiger partial charge on any atom is 0.338 e. The lowest BCUT2D eigenvalue weighted by molar-refractivity contribution is 0.0526. The van der Waals surface area contributed by atoms with Crippen LogP contribution in [-0.2, 0) is 4.74 Å². The Morgan fingerprint density at radius 3 is 2.88 bits per heavy atom. The van der Waals surface area contributed by atoms with Gasteiger partial charge in [-0.2, -0.15) is 5.26 Å². The molecular formula is C20H17BBrNO3. The second-order valence-electron chi connectivity index (χ2n) is 6.05. The van der Waals surface area contributed by atoms with Crippen molar-refractivity contribution in [1.82, 2.24) is 0 Å². The Bertz CT molecular complexity index is 1020. The fourth-order valence-electron chi connectivity index (χ4n) is 2.77. The zero-order chi connectivity index (χ0) is 18.7. The number of aryl methyl sites for hydroxylation is 1. The zero-order valence-electron chi connectivity index (χ0n) is 14.6. The number of furan rings is 1. The SMILES string of the molecule is CBCCOC(=O)c1cc(-c2cccc(C#N)c2)c2oc(C)c(Br)c2c1. The van der Waals surface area contributed by atoms with Crippen molar-refractivity contribution in [2.24, 2.45) is 0 Å². The van der Waals surface area contributed by atoms with Gasteiger partial charge in [-0.05, 0) is 59.0 Å². The number of benzene rings is 2. The third kappa shape index (κ3) is 3.54. The van der Waals surface area contributed by atoms with Gasteiger partial charge in [0.05, 0.1) is 28.3 Å². The molecule has 3 aromatic rings. The Balaban J connectivity index is 2.15. The highest BCUT2D eigenvalue weighted by atomic mass is 79.9. The summed E-state index contributed by atoms with van der Waals surface area (Å²) in [6.07, 6.45) is 0.833. The van der Waals surface area contributed by atoms with E-state index in [1.54, 1.807) is 24.3 Å². The van der Waals surface area contributed by atoms with E-state index in [4.69, 9.17) is 9.15 Å². The van der Waals surface area contributed by atoms with Crippen LogP contribution in [0.1, 0.15) is 21.7 Å². The summed E-state index contributed by atoms with van der Waals surface area (Å²) in [4.78, 5) is 12.5. The summed E-state index contributed by atoms with van der Waals surface area (Å²) in [5.74, 6) is 0.373. The molecule has 130 valence electrons. The molecule has 0 unspecified atom stereocenters. The molecule has 0 aliphatic heterocycles. The van der Waals surface area contributed by atoms with Crippen molar-refractivity contribution in [2.75, 3.05) is 6.61 Å². The summed E-state index contributed by atoms with van der Waals surface area (Å²) in [5.41, 5.74) is 3.27. The highest BCUT2D eigenvalue weighted by Crippen LogP contribution is 2.38. The quantitative estimate of drug-likeness (QED) is 0.334. The molecule has 0 aliphatic rings. The molecule has 0 atom stereocenters. The molecule has 1 heterocycles. The Labute approximate surface area is 161 Å². The number of nitriles is 1. The topological polar surface area (TPSA) is 63.2 Å². The molecule has 0 fully saturated rings. The van der Waals surface area contributed by atoms with Gasteiger partial charge in [0.1, 0.15) is 18.6 Å². The van der Waals surface area contributed by atoms with Gasteiger partial charge in [-0.15, -0.1) is 0 Å². The van der Waals surface area contributed by atoms with E-state index in [1.807, 2.05) is 25.9 Å². The molecule has 3 rings (SSSR count). The number of carbonyl (C=O) groups is 1. The van der Waals surface area contributed by atoms with Gasteiger partial charge in [0.15, 0.2) is 0 Å². The first kappa shape index (κ1) is 18.3. The third-order valence-corrected chi connectivity index (χ3v) is 5.14. The van der Waals surface area contributed by atoms with Crippen LogP contribution in [-0.4, -0.2) is 19.9 Å². The van der Waals surface area contributed by atoms with Gasteiger partial charge in [0.25, 0.3) is 0 Å². The smallest absolute Gasteiger partial charge is 0.338 e. The molecule has 2 aromatic carbocycles. The summed E-state index contributed by atoms with van der Waals surface area (Å²) >= 11 is 3.53. The lowest BCUT2D eigenvalue weighted by Crippen LogP contribution is -2.07. The van der Waals surface area contributed by atoms with Crippen molar-refractivity contribution < 1.29 is 13.9 Å². The normalized spacial score (nSPS) is 10.5. The highest BCUT2D eigenvalue weighted by molar-refractivity contribution is 9.10. The maximum absolute atomic E-state index is 12.5. The molecule has 0 amide bonds. The van der Waals surface area contributed by atoms with Crippen LogP contribution in [0.4, 0.5) is 0 Å². The van der Waals surface area contributed by atoms with Gasteiger partial charge < -0.3 is 9.15 Å². The number of hydrogen-bond acceptors (Lipinski definition) is 4. The van der Waals surface area contributed by atoms with Crippen LogP contribution in [0.15, 0.2) is 45.3 Å². The molecule has 0 spiro atoms.